The maximum atomic E-state index is 13.6. The Kier molecular flexibility index (Phi) is 4.22. The Bertz CT molecular complexity index is 688. The molecule has 2 aromatic carbocycles. The summed E-state index contributed by atoms with van der Waals surface area (Å²) in [5, 5.41) is 2.25. The van der Waals surface area contributed by atoms with Crippen molar-refractivity contribution in [2.45, 2.75) is 6.92 Å². The molecule has 0 spiro atoms. The molecule has 1 amide bonds. The Morgan fingerprint density at radius 2 is 1.81 bits per heavy atom. The van der Waals surface area contributed by atoms with Crippen LogP contribution < -0.4 is 11.1 Å². The summed E-state index contributed by atoms with van der Waals surface area (Å²) in [7, 11) is 0. The Labute approximate surface area is 127 Å². The first-order valence-electron chi connectivity index (χ1n) is 5.81. The average Bonchev–Trinajstić information content (AvgIpc) is 2.39. The zero-order chi connectivity index (χ0) is 15.7. The molecule has 0 fully saturated rings. The van der Waals surface area contributed by atoms with Gasteiger partial charge in [0.15, 0.2) is 5.82 Å². The number of nitrogens with two attached hydrogens (primary N) is 1. The summed E-state index contributed by atoms with van der Waals surface area (Å²) in [6, 6.07) is 3.91. The lowest BCUT2D eigenvalue weighted by Crippen LogP contribution is -2.15. The molecule has 3 N–H and O–H groups in total. The standard InChI is InChI=1S/C14H10BrF3N2O/c1-6-10(17)2-7(3-12(6)19)14(21)20-13-9(15)4-8(16)5-11(13)18/h2-5H,19H2,1H3,(H,20,21). The van der Waals surface area contributed by atoms with Gasteiger partial charge >= 0.3 is 0 Å². The van der Waals surface area contributed by atoms with Gasteiger partial charge in [0.1, 0.15) is 11.6 Å². The number of rotatable bonds is 2. The van der Waals surface area contributed by atoms with Crippen molar-refractivity contribution in [3.05, 3.63) is 57.3 Å². The van der Waals surface area contributed by atoms with Gasteiger partial charge < -0.3 is 11.1 Å². The Balaban J connectivity index is 2.35. The number of carbonyl (C=O) groups is 1. The molecule has 0 aromatic heterocycles. The number of hydrogen-bond acceptors (Lipinski definition) is 2. The van der Waals surface area contributed by atoms with E-state index in [4.69, 9.17) is 5.73 Å². The topological polar surface area (TPSA) is 55.1 Å². The van der Waals surface area contributed by atoms with E-state index in [-0.39, 0.29) is 27.0 Å². The maximum Gasteiger partial charge on any atom is 0.255 e. The summed E-state index contributed by atoms with van der Waals surface area (Å²) in [4.78, 5) is 12.0. The second-order valence-electron chi connectivity index (χ2n) is 4.37. The van der Waals surface area contributed by atoms with Crippen LogP contribution in [-0.4, -0.2) is 5.91 Å². The van der Waals surface area contributed by atoms with E-state index in [1.54, 1.807) is 0 Å². The first-order chi connectivity index (χ1) is 9.79. The van der Waals surface area contributed by atoms with E-state index in [2.05, 4.69) is 21.2 Å². The fourth-order valence-electron chi connectivity index (χ4n) is 1.68. The number of benzene rings is 2. The van der Waals surface area contributed by atoms with E-state index in [0.29, 0.717) is 6.07 Å². The first-order valence-corrected chi connectivity index (χ1v) is 6.60. The van der Waals surface area contributed by atoms with E-state index in [9.17, 15) is 18.0 Å². The van der Waals surface area contributed by atoms with Gasteiger partial charge in [-0.05, 0) is 41.1 Å². The van der Waals surface area contributed by atoms with Crippen molar-refractivity contribution in [1.29, 1.82) is 0 Å². The van der Waals surface area contributed by atoms with Gasteiger partial charge in [0.25, 0.3) is 5.91 Å². The first kappa shape index (κ1) is 15.4. The van der Waals surface area contributed by atoms with Crippen molar-refractivity contribution in [1.82, 2.24) is 0 Å². The molecule has 0 unspecified atom stereocenters. The van der Waals surface area contributed by atoms with Crippen molar-refractivity contribution in [2.24, 2.45) is 0 Å². The highest BCUT2D eigenvalue weighted by atomic mass is 79.9. The fraction of sp³-hybridized carbons (Fsp3) is 0.0714. The Hall–Kier alpha value is -2.02. The summed E-state index contributed by atoms with van der Waals surface area (Å²) in [6.45, 7) is 1.47. The quantitative estimate of drug-likeness (QED) is 0.797. The summed E-state index contributed by atoms with van der Waals surface area (Å²) in [5.41, 5.74) is 5.61. The van der Waals surface area contributed by atoms with Crippen molar-refractivity contribution < 1.29 is 18.0 Å². The molecular weight excluding hydrogens is 349 g/mol. The van der Waals surface area contributed by atoms with Gasteiger partial charge in [-0.15, -0.1) is 0 Å². The number of nitrogens with one attached hydrogen (secondary N) is 1. The number of nitrogen functional groups attached to an aromatic ring is 1. The van der Waals surface area contributed by atoms with Gasteiger partial charge in [-0.2, -0.15) is 0 Å². The summed E-state index contributed by atoms with van der Waals surface area (Å²) in [6.07, 6.45) is 0. The third-order valence-electron chi connectivity index (χ3n) is 2.89. The summed E-state index contributed by atoms with van der Waals surface area (Å²) >= 11 is 2.95. The molecule has 21 heavy (non-hydrogen) atoms. The summed E-state index contributed by atoms with van der Waals surface area (Å²) < 4.78 is 40.2. The minimum Gasteiger partial charge on any atom is -0.398 e. The number of anilines is 2. The predicted octanol–water partition coefficient (Wildman–Crippen LogP) is 4.01. The van der Waals surface area contributed by atoms with Crippen LogP contribution >= 0.6 is 15.9 Å². The minimum absolute atomic E-state index is 0.0360. The zero-order valence-corrected chi connectivity index (χ0v) is 12.4. The van der Waals surface area contributed by atoms with Crippen LogP contribution in [0.5, 0.6) is 0 Å². The highest BCUT2D eigenvalue weighted by Crippen LogP contribution is 2.28. The van der Waals surface area contributed by atoms with Gasteiger partial charge in [-0.3, -0.25) is 4.79 Å². The SMILES string of the molecule is Cc1c(N)cc(C(=O)Nc2c(F)cc(F)cc2Br)cc1F. The molecule has 110 valence electrons. The Morgan fingerprint density at radius 1 is 1.14 bits per heavy atom. The molecule has 0 atom stereocenters. The zero-order valence-electron chi connectivity index (χ0n) is 10.8. The van der Waals surface area contributed by atoms with Crippen LogP contribution in [0.15, 0.2) is 28.7 Å². The lowest BCUT2D eigenvalue weighted by Gasteiger charge is -2.10. The highest BCUT2D eigenvalue weighted by molar-refractivity contribution is 9.10. The lowest BCUT2D eigenvalue weighted by atomic mass is 10.1. The van der Waals surface area contributed by atoms with Crippen molar-refractivity contribution in [3.63, 3.8) is 0 Å². The van der Waals surface area contributed by atoms with Crippen molar-refractivity contribution in [2.75, 3.05) is 11.1 Å². The number of halogens is 4. The molecule has 0 bridgehead atoms. The monoisotopic (exact) mass is 358 g/mol. The largest absolute Gasteiger partial charge is 0.398 e. The molecule has 3 nitrogen and oxygen atoms in total. The van der Waals surface area contributed by atoms with Crippen LogP contribution in [0.3, 0.4) is 0 Å². The molecule has 0 radical (unpaired) electrons. The third-order valence-corrected chi connectivity index (χ3v) is 3.52. The van der Waals surface area contributed by atoms with Gasteiger partial charge in [0.2, 0.25) is 0 Å². The van der Waals surface area contributed by atoms with Crippen LogP contribution in [0.2, 0.25) is 0 Å². The van der Waals surface area contributed by atoms with Crippen LogP contribution in [0.1, 0.15) is 15.9 Å². The molecule has 0 aliphatic carbocycles. The number of carbonyl (C=O) groups excluding carboxylic acids is 1. The van der Waals surface area contributed by atoms with Gasteiger partial charge in [-0.25, -0.2) is 13.2 Å². The number of amides is 1. The molecule has 0 heterocycles. The van der Waals surface area contributed by atoms with Crippen LogP contribution in [0.4, 0.5) is 24.5 Å². The number of hydrogen-bond donors (Lipinski definition) is 2. The van der Waals surface area contributed by atoms with Crippen molar-refractivity contribution in [3.8, 4) is 0 Å². The van der Waals surface area contributed by atoms with Gasteiger partial charge in [-0.1, -0.05) is 0 Å². The smallest absolute Gasteiger partial charge is 0.255 e. The fourth-order valence-corrected chi connectivity index (χ4v) is 2.19. The van der Waals surface area contributed by atoms with E-state index in [1.807, 2.05) is 0 Å². The predicted molar refractivity (Wildman–Crippen MR) is 77.6 cm³/mol. The lowest BCUT2D eigenvalue weighted by molar-refractivity contribution is 0.102. The van der Waals surface area contributed by atoms with Gasteiger partial charge in [0, 0.05) is 27.4 Å². The molecule has 0 aliphatic heterocycles. The minimum atomic E-state index is -0.948. The van der Waals surface area contributed by atoms with Crippen molar-refractivity contribution >= 4 is 33.2 Å². The van der Waals surface area contributed by atoms with E-state index < -0.39 is 23.4 Å². The maximum absolute atomic E-state index is 13.6. The van der Waals surface area contributed by atoms with Gasteiger partial charge in [0.05, 0.1) is 5.69 Å². The molecule has 2 aromatic rings. The second kappa shape index (κ2) is 5.77. The third kappa shape index (κ3) is 3.18. The van der Waals surface area contributed by atoms with Crippen LogP contribution in [-0.2, 0) is 0 Å². The molecule has 0 saturated carbocycles. The van der Waals surface area contributed by atoms with Crippen LogP contribution in [0.25, 0.3) is 0 Å². The van der Waals surface area contributed by atoms with E-state index in [1.165, 1.54) is 13.0 Å². The van der Waals surface area contributed by atoms with E-state index in [0.717, 1.165) is 12.1 Å². The molecular formula is C14H10BrF3N2O. The highest BCUT2D eigenvalue weighted by Gasteiger charge is 2.16. The Morgan fingerprint density at radius 3 is 2.38 bits per heavy atom. The average molecular weight is 359 g/mol. The summed E-state index contributed by atoms with van der Waals surface area (Å²) in [5.74, 6) is -3.13. The van der Waals surface area contributed by atoms with Crippen LogP contribution in [0, 0.1) is 24.4 Å². The molecule has 0 aliphatic rings. The molecule has 7 heteroatoms. The van der Waals surface area contributed by atoms with E-state index >= 15 is 0 Å². The molecule has 0 saturated heterocycles. The molecule has 2 rings (SSSR count). The second-order valence-corrected chi connectivity index (χ2v) is 5.23. The normalized spacial score (nSPS) is 10.5.